The second kappa shape index (κ2) is 7.34. The number of hydrogen-bond acceptors (Lipinski definition) is 2. The molecule has 2 aromatic carbocycles. The molecule has 0 saturated heterocycles. The molecule has 1 aromatic heterocycles. The first kappa shape index (κ1) is 17.0. The Morgan fingerprint density at radius 2 is 1.64 bits per heavy atom. The highest BCUT2D eigenvalue weighted by molar-refractivity contribution is 6.00. The van der Waals surface area contributed by atoms with Crippen molar-refractivity contribution in [3.8, 4) is 16.9 Å². The predicted octanol–water partition coefficient (Wildman–Crippen LogP) is 4.33. The van der Waals surface area contributed by atoms with Crippen LogP contribution in [-0.4, -0.2) is 33.7 Å². The zero-order valence-corrected chi connectivity index (χ0v) is 14.9. The summed E-state index contributed by atoms with van der Waals surface area (Å²) in [5.41, 5.74) is 4.42. The molecule has 0 fully saturated rings. The molecule has 0 spiro atoms. The SMILES string of the molecule is CCN(CC)C(=O)c1cn(-c2ccccc2)nc1-c1ccccc1C. The van der Waals surface area contributed by atoms with Crippen molar-refractivity contribution in [2.75, 3.05) is 13.1 Å². The molecule has 128 valence electrons. The molecule has 0 aliphatic rings. The zero-order valence-electron chi connectivity index (χ0n) is 14.9. The van der Waals surface area contributed by atoms with Gasteiger partial charge in [-0.05, 0) is 38.5 Å². The van der Waals surface area contributed by atoms with E-state index in [-0.39, 0.29) is 5.91 Å². The first-order chi connectivity index (χ1) is 12.2. The molecule has 4 heteroatoms. The Morgan fingerprint density at radius 3 is 2.28 bits per heavy atom. The van der Waals surface area contributed by atoms with Gasteiger partial charge in [-0.3, -0.25) is 4.79 Å². The fraction of sp³-hybridized carbons (Fsp3) is 0.238. The van der Waals surface area contributed by atoms with Crippen LogP contribution in [0.2, 0.25) is 0 Å². The number of nitrogens with zero attached hydrogens (tertiary/aromatic N) is 3. The van der Waals surface area contributed by atoms with Crippen LogP contribution in [0.15, 0.2) is 60.8 Å². The number of benzene rings is 2. The lowest BCUT2D eigenvalue weighted by Gasteiger charge is -2.18. The van der Waals surface area contributed by atoms with Crippen LogP contribution >= 0.6 is 0 Å². The minimum Gasteiger partial charge on any atom is -0.339 e. The summed E-state index contributed by atoms with van der Waals surface area (Å²) in [7, 11) is 0. The third-order valence-corrected chi connectivity index (χ3v) is 4.42. The van der Waals surface area contributed by atoms with Crippen LogP contribution in [0.5, 0.6) is 0 Å². The summed E-state index contributed by atoms with van der Waals surface area (Å²) in [6.45, 7) is 7.40. The standard InChI is InChI=1S/C21H23N3O/c1-4-23(5-2)21(25)19-15-24(17-12-7-6-8-13-17)22-20(19)18-14-10-9-11-16(18)3/h6-15H,4-5H2,1-3H3. The molecule has 0 atom stereocenters. The van der Waals surface area contributed by atoms with E-state index in [1.807, 2.05) is 86.5 Å². The van der Waals surface area contributed by atoms with Crippen molar-refractivity contribution in [1.29, 1.82) is 0 Å². The van der Waals surface area contributed by atoms with E-state index in [4.69, 9.17) is 5.10 Å². The Hall–Kier alpha value is -2.88. The number of hydrogen-bond donors (Lipinski definition) is 0. The highest BCUT2D eigenvalue weighted by Crippen LogP contribution is 2.27. The summed E-state index contributed by atoms with van der Waals surface area (Å²) in [5.74, 6) is 0.0189. The van der Waals surface area contributed by atoms with Gasteiger partial charge in [0.1, 0.15) is 5.69 Å². The van der Waals surface area contributed by atoms with Crippen molar-refractivity contribution in [3.63, 3.8) is 0 Å². The topological polar surface area (TPSA) is 38.1 Å². The van der Waals surface area contributed by atoms with Gasteiger partial charge >= 0.3 is 0 Å². The van der Waals surface area contributed by atoms with Crippen LogP contribution < -0.4 is 0 Å². The molecule has 1 amide bonds. The largest absolute Gasteiger partial charge is 0.339 e. The number of para-hydroxylation sites is 1. The van der Waals surface area contributed by atoms with Crippen molar-refractivity contribution in [2.24, 2.45) is 0 Å². The maximum atomic E-state index is 13.0. The second-order valence-electron chi connectivity index (χ2n) is 5.96. The lowest BCUT2D eigenvalue weighted by Crippen LogP contribution is -2.30. The first-order valence-corrected chi connectivity index (χ1v) is 8.66. The van der Waals surface area contributed by atoms with Crippen LogP contribution in [-0.2, 0) is 0 Å². The Bertz CT molecular complexity index is 864. The number of carbonyl (C=O) groups excluding carboxylic acids is 1. The summed E-state index contributed by atoms with van der Waals surface area (Å²) in [4.78, 5) is 14.9. The molecule has 3 aromatic rings. The van der Waals surface area contributed by atoms with Gasteiger partial charge in [-0.25, -0.2) is 4.68 Å². The maximum absolute atomic E-state index is 13.0. The van der Waals surface area contributed by atoms with E-state index in [2.05, 4.69) is 0 Å². The van der Waals surface area contributed by atoms with E-state index in [1.54, 1.807) is 4.68 Å². The second-order valence-corrected chi connectivity index (χ2v) is 5.96. The molecular weight excluding hydrogens is 310 g/mol. The van der Waals surface area contributed by atoms with Crippen LogP contribution in [0.1, 0.15) is 29.8 Å². The number of aryl methyl sites for hydroxylation is 1. The molecule has 0 saturated carbocycles. The van der Waals surface area contributed by atoms with E-state index in [0.29, 0.717) is 18.7 Å². The molecule has 0 bridgehead atoms. The molecule has 4 nitrogen and oxygen atoms in total. The molecule has 1 heterocycles. The van der Waals surface area contributed by atoms with Gasteiger partial charge in [-0.1, -0.05) is 42.5 Å². The van der Waals surface area contributed by atoms with Crippen LogP contribution in [0.3, 0.4) is 0 Å². The van der Waals surface area contributed by atoms with Gasteiger partial charge in [0.2, 0.25) is 0 Å². The lowest BCUT2D eigenvalue weighted by atomic mass is 10.0. The van der Waals surface area contributed by atoms with Crippen molar-refractivity contribution in [2.45, 2.75) is 20.8 Å². The highest BCUT2D eigenvalue weighted by atomic mass is 16.2. The number of rotatable bonds is 5. The zero-order chi connectivity index (χ0) is 17.8. The molecule has 0 aliphatic carbocycles. The lowest BCUT2D eigenvalue weighted by molar-refractivity contribution is 0.0773. The van der Waals surface area contributed by atoms with E-state index in [9.17, 15) is 4.79 Å². The number of carbonyl (C=O) groups is 1. The summed E-state index contributed by atoms with van der Waals surface area (Å²) in [5, 5.41) is 4.75. The summed E-state index contributed by atoms with van der Waals surface area (Å²) < 4.78 is 1.79. The minimum atomic E-state index is 0.0189. The van der Waals surface area contributed by atoms with E-state index < -0.39 is 0 Å². The molecule has 0 radical (unpaired) electrons. The number of aromatic nitrogens is 2. The molecular formula is C21H23N3O. The molecule has 0 unspecified atom stereocenters. The Kier molecular flexibility index (Phi) is 4.98. The van der Waals surface area contributed by atoms with Gasteiger partial charge in [-0.15, -0.1) is 0 Å². The third kappa shape index (κ3) is 3.33. The Balaban J connectivity index is 2.17. The van der Waals surface area contributed by atoms with Crippen molar-refractivity contribution in [3.05, 3.63) is 71.9 Å². The molecule has 3 rings (SSSR count). The molecule has 25 heavy (non-hydrogen) atoms. The Morgan fingerprint density at radius 1 is 1.00 bits per heavy atom. The summed E-state index contributed by atoms with van der Waals surface area (Å²) in [6.07, 6.45) is 1.84. The quantitative estimate of drug-likeness (QED) is 0.697. The predicted molar refractivity (Wildman–Crippen MR) is 101 cm³/mol. The summed E-state index contributed by atoms with van der Waals surface area (Å²) >= 11 is 0. The highest BCUT2D eigenvalue weighted by Gasteiger charge is 2.22. The van der Waals surface area contributed by atoms with Gasteiger partial charge in [-0.2, -0.15) is 5.10 Å². The summed E-state index contributed by atoms with van der Waals surface area (Å²) in [6, 6.07) is 17.9. The van der Waals surface area contributed by atoms with Gasteiger partial charge in [0, 0.05) is 24.8 Å². The van der Waals surface area contributed by atoms with Crippen molar-refractivity contribution in [1.82, 2.24) is 14.7 Å². The monoisotopic (exact) mass is 333 g/mol. The normalized spacial score (nSPS) is 10.7. The first-order valence-electron chi connectivity index (χ1n) is 8.66. The van der Waals surface area contributed by atoms with Gasteiger partial charge < -0.3 is 4.90 Å². The smallest absolute Gasteiger partial charge is 0.257 e. The fourth-order valence-electron chi connectivity index (χ4n) is 2.96. The van der Waals surface area contributed by atoms with E-state index >= 15 is 0 Å². The number of amides is 1. The van der Waals surface area contributed by atoms with Crippen molar-refractivity contribution < 1.29 is 4.79 Å². The molecule has 0 aliphatic heterocycles. The average molecular weight is 333 g/mol. The Labute approximate surface area is 148 Å². The maximum Gasteiger partial charge on any atom is 0.257 e. The van der Waals surface area contributed by atoms with Gasteiger partial charge in [0.25, 0.3) is 5.91 Å². The fourth-order valence-corrected chi connectivity index (χ4v) is 2.96. The minimum absolute atomic E-state index is 0.0189. The average Bonchev–Trinajstić information content (AvgIpc) is 3.09. The third-order valence-electron chi connectivity index (χ3n) is 4.42. The van der Waals surface area contributed by atoms with E-state index in [1.165, 1.54) is 0 Å². The van der Waals surface area contributed by atoms with Crippen LogP contribution in [0, 0.1) is 6.92 Å². The van der Waals surface area contributed by atoms with Crippen LogP contribution in [0.25, 0.3) is 16.9 Å². The van der Waals surface area contributed by atoms with Crippen LogP contribution in [0.4, 0.5) is 0 Å². The van der Waals surface area contributed by atoms with Crippen molar-refractivity contribution >= 4 is 5.91 Å². The molecule has 0 N–H and O–H groups in total. The van der Waals surface area contributed by atoms with E-state index in [0.717, 1.165) is 22.5 Å². The van der Waals surface area contributed by atoms with Gasteiger partial charge in [0.05, 0.1) is 11.3 Å². The van der Waals surface area contributed by atoms with Gasteiger partial charge in [0.15, 0.2) is 0 Å².